The van der Waals surface area contributed by atoms with E-state index in [1.54, 1.807) is 12.4 Å². The maximum absolute atomic E-state index is 11.6. The molecule has 14 heavy (non-hydrogen) atoms. The molecule has 0 atom stereocenters. The molecule has 0 aliphatic carbocycles. The lowest BCUT2D eigenvalue weighted by Crippen LogP contribution is -2.48. The first-order valence-electron chi connectivity index (χ1n) is 4.38. The Morgan fingerprint density at radius 3 is 3.00 bits per heavy atom. The summed E-state index contributed by atoms with van der Waals surface area (Å²) in [5.74, 6) is 0.215. The van der Waals surface area contributed by atoms with E-state index in [4.69, 9.17) is 0 Å². The highest BCUT2D eigenvalue weighted by Crippen LogP contribution is 2.17. The van der Waals surface area contributed by atoms with Crippen LogP contribution in [0, 0.1) is 9.49 Å². The minimum absolute atomic E-state index is 0.0906. The van der Waals surface area contributed by atoms with Crippen molar-refractivity contribution >= 4 is 34.2 Å². The van der Waals surface area contributed by atoms with Crippen LogP contribution in [0.25, 0.3) is 0 Å². The minimum Gasteiger partial charge on any atom is -0.325 e. The lowest BCUT2D eigenvalue weighted by atomic mass is 10.0. The summed E-state index contributed by atoms with van der Waals surface area (Å²) in [6.07, 6.45) is 3.41. The molecule has 1 amide bonds. The maximum Gasteiger partial charge on any atom is 0.230 e. The molecule has 1 fully saturated rings. The van der Waals surface area contributed by atoms with Crippen molar-refractivity contribution in [3.8, 4) is 0 Å². The Morgan fingerprint density at radius 2 is 2.43 bits per heavy atom. The van der Waals surface area contributed by atoms with Crippen LogP contribution in [0.5, 0.6) is 0 Å². The van der Waals surface area contributed by atoms with Crippen molar-refractivity contribution in [2.24, 2.45) is 5.92 Å². The van der Waals surface area contributed by atoms with E-state index in [9.17, 15) is 4.79 Å². The molecule has 2 N–H and O–H groups in total. The predicted molar refractivity (Wildman–Crippen MR) is 61.9 cm³/mol. The van der Waals surface area contributed by atoms with E-state index in [0.29, 0.717) is 0 Å². The summed E-state index contributed by atoms with van der Waals surface area (Å²) in [7, 11) is 0. The molecule has 0 radical (unpaired) electrons. The third-order valence-corrected chi connectivity index (χ3v) is 3.04. The van der Waals surface area contributed by atoms with Crippen LogP contribution in [-0.2, 0) is 4.79 Å². The molecule has 0 unspecified atom stereocenters. The highest BCUT2D eigenvalue weighted by molar-refractivity contribution is 14.1. The van der Waals surface area contributed by atoms with Crippen LogP contribution >= 0.6 is 22.6 Å². The summed E-state index contributed by atoms with van der Waals surface area (Å²) in [5, 5.41) is 5.95. The van der Waals surface area contributed by atoms with E-state index < -0.39 is 0 Å². The van der Waals surface area contributed by atoms with Crippen LogP contribution in [0.3, 0.4) is 0 Å². The van der Waals surface area contributed by atoms with Gasteiger partial charge in [-0.25, -0.2) is 0 Å². The SMILES string of the molecule is O=C(Nc1ccncc1I)C1CNC1. The molecule has 1 saturated heterocycles. The molecular weight excluding hydrogens is 293 g/mol. The third-order valence-electron chi connectivity index (χ3n) is 2.18. The Kier molecular flexibility index (Phi) is 2.97. The van der Waals surface area contributed by atoms with E-state index in [0.717, 1.165) is 22.3 Å². The van der Waals surface area contributed by atoms with E-state index in [-0.39, 0.29) is 11.8 Å². The molecule has 0 bridgehead atoms. The fourth-order valence-electron chi connectivity index (χ4n) is 1.19. The number of carbonyl (C=O) groups excluding carboxylic acids is 1. The van der Waals surface area contributed by atoms with Gasteiger partial charge in [0, 0.05) is 25.5 Å². The van der Waals surface area contributed by atoms with Gasteiger partial charge in [0.05, 0.1) is 15.2 Å². The van der Waals surface area contributed by atoms with E-state index in [1.807, 2.05) is 6.07 Å². The Labute approximate surface area is 95.6 Å². The van der Waals surface area contributed by atoms with Crippen LogP contribution in [0.2, 0.25) is 0 Å². The summed E-state index contributed by atoms with van der Waals surface area (Å²) < 4.78 is 0.964. The second-order valence-corrected chi connectivity index (χ2v) is 4.36. The van der Waals surface area contributed by atoms with Crippen LogP contribution < -0.4 is 10.6 Å². The number of carbonyl (C=O) groups is 1. The predicted octanol–water partition coefficient (Wildman–Crippen LogP) is 0.844. The van der Waals surface area contributed by atoms with Gasteiger partial charge in [-0.05, 0) is 28.7 Å². The van der Waals surface area contributed by atoms with Crippen LogP contribution in [0.15, 0.2) is 18.5 Å². The zero-order valence-electron chi connectivity index (χ0n) is 7.46. The van der Waals surface area contributed by atoms with Gasteiger partial charge in [0.25, 0.3) is 0 Å². The van der Waals surface area contributed by atoms with E-state index in [2.05, 4.69) is 38.2 Å². The van der Waals surface area contributed by atoms with E-state index >= 15 is 0 Å². The zero-order chi connectivity index (χ0) is 9.97. The molecule has 0 spiro atoms. The van der Waals surface area contributed by atoms with Crippen molar-refractivity contribution < 1.29 is 4.79 Å². The molecule has 5 heteroatoms. The lowest BCUT2D eigenvalue weighted by molar-refractivity contribution is -0.121. The second-order valence-electron chi connectivity index (χ2n) is 3.20. The first-order valence-corrected chi connectivity index (χ1v) is 5.46. The Morgan fingerprint density at radius 1 is 1.64 bits per heavy atom. The topological polar surface area (TPSA) is 54.0 Å². The minimum atomic E-state index is 0.0906. The van der Waals surface area contributed by atoms with Crippen molar-refractivity contribution in [1.82, 2.24) is 10.3 Å². The third kappa shape index (κ3) is 2.03. The molecule has 1 aromatic rings. The van der Waals surface area contributed by atoms with Crippen LogP contribution in [0.4, 0.5) is 5.69 Å². The molecule has 4 nitrogen and oxygen atoms in total. The summed E-state index contributed by atoms with van der Waals surface area (Å²) in [5.41, 5.74) is 0.845. The van der Waals surface area contributed by atoms with Gasteiger partial charge in [0.2, 0.25) is 5.91 Å². The molecule has 2 rings (SSSR count). The fourth-order valence-corrected chi connectivity index (χ4v) is 1.66. The molecular formula is C9H10IN3O. The second kappa shape index (κ2) is 4.22. The first-order chi connectivity index (χ1) is 6.77. The van der Waals surface area contributed by atoms with Crippen LogP contribution in [-0.4, -0.2) is 24.0 Å². The van der Waals surface area contributed by atoms with Crippen molar-refractivity contribution in [2.45, 2.75) is 0 Å². The van der Waals surface area contributed by atoms with Gasteiger partial charge in [0.15, 0.2) is 0 Å². The van der Waals surface area contributed by atoms with Gasteiger partial charge in [-0.15, -0.1) is 0 Å². The fraction of sp³-hybridized carbons (Fsp3) is 0.333. The number of hydrogen-bond acceptors (Lipinski definition) is 3. The standard InChI is InChI=1S/C9H10IN3O/c10-7-5-11-2-1-8(7)13-9(14)6-3-12-4-6/h1-2,5-6,12H,3-4H2,(H,11,13,14). The van der Waals surface area contributed by atoms with Gasteiger partial charge in [0.1, 0.15) is 0 Å². The van der Waals surface area contributed by atoms with Gasteiger partial charge >= 0.3 is 0 Å². The van der Waals surface area contributed by atoms with Gasteiger partial charge < -0.3 is 10.6 Å². The number of anilines is 1. The summed E-state index contributed by atoms with van der Waals surface area (Å²) in [6, 6.07) is 1.81. The molecule has 0 aromatic carbocycles. The Hall–Kier alpha value is -0.690. The number of aromatic nitrogens is 1. The van der Waals surface area contributed by atoms with Crippen molar-refractivity contribution in [3.63, 3.8) is 0 Å². The number of nitrogens with zero attached hydrogens (tertiary/aromatic N) is 1. The van der Waals surface area contributed by atoms with Crippen molar-refractivity contribution in [1.29, 1.82) is 0 Å². The number of pyridine rings is 1. The number of halogens is 1. The molecule has 0 saturated carbocycles. The maximum atomic E-state index is 11.6. The number of rotatable bonds is 2. The lowest BCUT2D eigenvalue weighted by Gasteiger charge is -2.25. The Bertz CT molecular complexity index is 352. The van der Waals surface area contributed by atoms with Crippen molar-refractivity contribution in [3.05, 3.63) is 22.0 Å². The molecule has 74 valence electrons. The monoisotopic (exact) mass is 303 g/mol. The summed E-state index contributed by atoms with van der Waals surface area (Å²) in [6.45, 7) is 1.57. The average molecular weight is 303 g/mol. The summed E-state index contributed by atoms with van der Waals surface area (Å²) >= 11 is 2.15. The number of amides is 1. The Balaban J connectivity index is 2.03. The average Bonchev–Trinajstić information content (AvgIpc) is 2.05. The number of hydrogen-bond donors (Lipinski definition) is 2. The van der Waals surface area contributed by atoms with E-state index in [1.165, 1.54) is 0 Å². The van der Waals surface area contributed by atoms with Gasteiger partial charge in [-0.1, -0.05) is 0 Å². The van der Waals surface area contributed by atoms with Crippen molar-refractivity contribution in [2.75, 3.05) is 18.4 Å². The zero-order valence-corrected chi connectivity index (χ0v) is 9.61. The quantitative estimate of drug-likeness (QED) is 0.796. The first kappa shape index (κ1) is 9.85. The van der Waals surface area contributed by atoms with Crippen LogP contribution in [0.1, 0.15) is 0 Å². The highest BCUT2D eigenvalue weighted by Gasteiger charge is 2.24. The smallest absolute Gasteiger partial charge is 0.230 e. The molecule has 1 aromatic heterocycles. The van der Waals surface area contributed by atoms with Gasteiger partial charge in [-0.3, -0.25) is 9.78 Å². The number of nitrogens with one attached hydrogen (secondary N) is 2. The largest absolute Gasteiger partial charge is 0.325 e. The molecule has 1 aliphatic rings. The summed E-state index contributed by atoms with van der Waals surface area (Å²) in [4.78, 5) is 15.5. The molecule has 2 heterocycles. The highest BCUT2D eigenvalue weighted by atomic mass is 127. The van der Waals surface area contributed by atoms with Gasteiger partial charge in [-0.2, -0.15) is 0 Å². The molecule has 1 aliphatic heterocycles. The normalized spacial score (nSPS) is 16.1.